The second kappa shape index (κ2) is 3.73. The van der Waals surface area contributed by atoms with Gasteiger partial charge in [-0.1, -0.05) is 0 Å². The van der Waals surface area contributed by atoms with Gasteiger partial charge in [0.05, 0.1) is 24.3 Å². The van der Waals surface area contributed by atoms with E-state index in [0.29, 0.717) is 12.0 Å². The molecule has 15 heavy (non-hydrogen) atoms. The minimum absolute atomic E-state index is 0.0713. The van der Waals surface area contributed by atoms with Crippen molar-refractivity contribution < 1.29 is 9.21 Å². The van der Waals surface area contributed by atoms with Gasteiger partial charge >= 0.3 is 0 Å². The summed E-state index contributed by atoms with van der Waals surface area (Å²) in [6, 6.07) is 1.80. The third-order valence-corrected chi connectivity index (χ3v) is 2.48. The van der Waals surface area contributed by atoms with Crippen LogP contribution in [0.4, 0.5) is 0 Å². The molecule has 0 spiro atoms. The van der Waals surface area contributed by atoms with Crippen LogP contribution in [0.25, 0.3) is 0 Å². The number of hydrogen-bond donors (Lipinski definition) is 0. The molecular formula is C11H12N2O2. The average molecular weight is 204 g/mol. The number of nitrogens with zero attached hydrogens (tertiary/aromatic N) is 2. The zero-order valence-electron chi connectivity index (χ0n) is 8.73. The smallest absolute Gasteiger partial charge is 0.170 e. The van der Waals surface area contributed by atoms with Crippen LogP contribution in [0.1, 0.15) is 21.6 Å². The molecule has 0 radical (unpaired) electrons. The molecule has 2 aromatic heterocycles. The number of carbonyl (C=O) groups is 1. The van der Waals surface area contributed by atoms with E-state index in [-0.39, 0.29) is 5.78 Å². The summed E-state index contributed by atoms with van der Waals surface area (Å²) in [6.45, 7) is 1.88. The summed E-state index contributed by atoms with van der Waals surface area (Å²) in [5, 5.41) is 4.04. The summed E-state index contributed by atoms with van der Waals surface area (Å²) in [7, 11) is 1.82. The Morgan fingerprint density at radius 2 is 2.40 bits per heavy atom. The number of Topliss-reactive ketones (excluding diaryl/α,β-unsaturated/α-hetero) is 1. The van der Waals surface area contributed by atoms with Gasteiger partial charge in [0.15, 0.2) is 5.78 Å². The van der Waals surface area contributed by atoms with Crippen molar-refractivity contribution in [1.82, 2.24) is 9.78 Å². The van der Waals surface area contributed by atoms with Crippen molar-refractivity contribution in [3.63, 3.8) is 0 Å². The standard InChI is InChI=1S/C11H12N2O2/c1-8-10(6-12-13(8)2)11(14)5-9-3-4-15-7-9/h3-4,6-7H,5H2,1-2H3. The zero-order valence-corrected chi connectivity index (χ0v) is 8.73. The number of rotatable bonds is 3. The first-order valence-corrected chi connectivity index (χ1v) is 4.71. The molecule has 0 aliphatic heterocycles. The monoisotopic (exact) mass is 204 g/mol. The van der Waals surface area contributed by atoms with Crippen molar-refractivity contribution in [2.24, 2.45) is 7.05 Å². The van der Waals surface area contributed by atoms with Gasteiger partial charge in [-0.15, -0.1) is 0 Å². The Morgan fingerprint density at radius 1 is 1.60 bits per heavy atom. The quantitative estimate of drug-likeness (QED) is 0.715. The number of aromatic nitrogens is 2. The lowest BCUT2D eigenvalue weighted by Crippen LogP contribution is -2.04. The fourth-order valence-electron chi connectivity index (χ4n) is 1.45. The van der Waals surface area contributed by atoms with Crippen LogP contribution in [0.3, 0.4) is 0 Å². The molecule has 0 aromatic carbocycles. The summed E-state index contributed by atoms with van der Waals surface area (Å²) in [5.74, 6) is 0.0713. The maximum absolute atomic E-state index is 11.9. The lowest BCUT2D eigenvalue weighted by atomic mass is 10.1. The maximum atomic E-state index is 11.9. The third-order valence-electron chi connectivity index (χ3n) is 2.48. The van der Waals surface area contributed by atoms with E-state index in [1.165, 1.54) is 0 Å². The average Bonchev–Trinajstić information content (AvgIpc) is 2.79. The SMILES string of the molecule is Cc1c(C(=O)Cc2ccoc2)cnn1C. The van der Waals surface area contributed by atoms with Gasteiger partial charge in [-0.2, -0.15) is 5.10 Å². The van der Waals surface area contributed by atoms with E-state index in [4.69, 9.17) is 4.42 Å². The highest BCUT2D eigenvalue weighted by Gasteiger charge is 2.13. The highest BCUT2D eigenvalue weighted by Crippen LogP contribution is 2.11. The minimum Gasteiger partial charge on any atom is -0.472 e. The van der Waals surface area contributed by atoms with Gasteiger partial charge in [-0.3, -0.25) is 9.48 Å². The highest BCUT2D eigenvalue weighted by molar-refractivity contribution is 5.98. The van der Waals surface area contributed by atoms with Crippen LogP contribution in [-0.4, -0.2) is 15.6 Å². The molecule has 0 atom stereocenters. The fraction of sp³-hybridized carbons (Fsp3) is 0.273. The number of hydrogen-bond acceptors (Lipinski definition) is 3. The van der Waals surface area contributed by atoms with E-state index >= 15 is 0 Å². The molecule has 0 fully saturated rings. The second-order valence-corrected chi connectivity index (χ2v) is 3.50. The molecule has 4 heteroatoms. The lowest BCUT2D eigenvalue weighted by Gasteiger charge is -1.98. The molecule has 0 unspecified atom stereocenters. The van der Waals surface area contributed by atoms with E-state index in [1.54, 1.807) is 29.5 Å². The predicted molar refractivity (Wildman–Crippen MR) is 54.7 cm³/mol. The first-order valence-electron chi connectivity index (χ1n) is 4.71. The van der Waals surface area contributed by atoms with Gasteiger partial charge in [0.1, 0.15) is 0 Å². The van der Waals surface area contributed by atoms with Crippen LogP contribution in [0.15, 0.2) is 29.2 Å². The third kappa shape index (κ3) is 1.83. The van der Waals surface area contributed by atoms with E-state index < -0.39 is 0 Å². The van der Waals surface area contributed by atoms with E-state index in [2.05, 4.69) is 5.10 Å². The molecule has 0 saturated heterocycles. The molecule has 0 N–H and O–H groups in total. The first-order chi connectivity index (χ1) is 7.18. The van der Waals surface area contributed by atoms with Gasteiger partial charge in [0, 0.05) is 19.2 Å². The van der Waals surface area contributed by atoms with Gasteiger partial charge in [0.25, 0.3) is 0 Å². The molecule has 0 amide bonds. The molecular weight excluding hydrogens is 192 g/mol. The number of carbonyl (C=O) groups excluding carboxylic acids is 1. The Morgan fingerprint density at radius 3 is 2.93 bits per heavy atom. The Kier molecular flexibility index (Phi) is 2.41. The predicted octanol–water partition coefficient (Wildman–Crippen LogP) is 1.75. The van der Waals surface area contributed by atoms with Crippen LogP contribution >= 0.6 is 0 Å². The molecule has 0 aliphatic rings. The Hall–Kier alpha value is -1.84. The zero-order chi connectivity index (χ0) is 10.8. The molecule has 78 valence electrons. The number of aryl methyl sites for hydroxylation is 1. The van der Waals surface area contributed by atoms with Gasteiger partial charge in [-0.25, -0.2) is 0 Å². The molecule has 2 heterocycles. The summed E-state index contributed by atoms with van der Waals surface area (Å²) in [5.41, 5.74) is 2.46. The lowest BCUT2D eigenvalue weighted by molar-refractivity contribution is 0.0992. The minimum atomic E-state index is 0.0713. The van der Waals surface area contributed by atoms with Crippen LogP contribution in [-0.2, 0) is 13.5 Å². The largest absolute Gasteiger partial charge is 0.472 e. The summed E-state index contributed by atoms with van der Waals surface area (Å²) in [6.07, 6.45) is 5.13. The van der Waals surface area contributed by atoms with Gasteiger partial charge in [0.2, 0.25) is 0 Å². The van der Waals surface area contributed by atoms with Crippen LogP contribution in [0.2, 0.25) is 0 Å². The van der Waals surface area contributed by atoms with Crippen LogP contribution < -0.4 is 0 Å². The van der Waals surface area contributed by atoms with Gasteiger partial charge < -0.3 is 4.42 Å². The molecule has 4 nitrogen and oxygen atoms in total. The molecule has 0 aliphatic carbocycles. The molecule has 2 rings (SSSR count). The van der Waals surface area contributed by atoms with Gasteiger partial charge in [-0.05, 0) is 18.6 Å². The van der Waals surface area contributed by atoms with Crippen molar-refractivity contribution in [3.8, 4) is 0 Å². The van der Waals surface area contributed by atoms with Crippen molar-refractivity contribution >= 4 is 5.78 Å². The first kappa shape index (κ1) is 9.71. The number of ketones is 1. The summed E-state index contributed by atoms with van der Waals surface area (Å²) >= 11 is 0. The van der Waals surface area contributed by atoms with Crippen molar-refractivity contribution in [2.75, 3.05) is 0 Å². The van der Waals surface area contributed by atoms with Crippen molar-refractivity contribution in [3.05, 3.63) is 41.6 Å². The fourth-order valence-corrected chi connectivity index (χ4v) is 1.45. The van der Waals surface area contributed by atoms with E-state index in [0.717, 1.165) is 11.3 Å². The normalized spacial score (nSPS) is 10.5. The highest BCUT2D eigenvalue weighted by atomic mass is 16.3. The second-order valence-electron chi connectivity index (χ2n) is 3.50. The molecule has 0 bridgehead atoms. The van der Waals surface area contributed by atoms with Crippen LogP contribution in [0, 0.1) is 6.92 Å². The van der Waals surface area contributed by atoms with E-state index in [1.807, 2.05) is 14.0 Å². The molecule has 0 saturated carbocycles. The number of furan rings is 1. The topological polar surface area (TPSA) is 48.0 Å². The summed E-state index contributed by atoms with van der Waals surface area (Å²) in [4.78, 5) is 11.9. The Bertz CT molecular complexity index is 469. The van der Waals surface area contributed by atoms with E-state index in [9.17, 15) is 4.79 Å². The Labute approximate surface area is 87.5 Å². The molecule has 2 aromatic rings. The van der Waals surface area contributed by atoms with Crippen molar-refractivity contribution in [1.29, 1.82) is 0 Å². The van der Waals surface area contributed by atoms with Crippen molar-refractivity contribution in [2.45, 2.75) is 13.3 Å². The Balaban J connectivity index is 2.19. The maximum Gasteiger partial charge on any atom is 0.170 e. The van der Waals surface area contributed by atoms with Crippen LogP contribution in [0.5, 0.6) is 0 Å². The summed E-state index contributed by atoms with van der Waals surface area (Å²) < 4.78 is 6.61.